The molecular weight excluding hydrogens is 244 g/mol. The van der Waals surface area contributed by atoms with E-state index in [1.165, 1.54) is 0 Å². The third-order valence-electron chi connectivity index (χ3n) is 3.55. The average molecular weight is 264 g/mol. The van der Waals surface area contributed by atoms with Crippen LogP contribution in [-0.2, 0) is 0 Å². The summed E-state index contributed by atoms with van der Waals surface area (Å²) in [4.78, 5) is 16.0. The highest BCUT2D eigenvalue weighted by Crippen LogP contribution is 2.18. The number of rotatable bonds is 3. The number of amides is 1. The molecule has 1 aromatic carbocycles. The Balaban J connectivity index is 2.08. The van der Waals surface area contributed by atoms with Crippen molar-refractivity contribution >= 4 is 5.91 Å². The molecule has 0 aromatic heterocycles. The monoisotopic (exact) mass is 264 g/mol. The third-order valence-corrected chi connectivity index (χ3v) is 3.55. The van der Waals surface area contributed by atoms with E-state index in [9.17, 15) is 9.90 Å². The molecule has 1 N–H and O–H groups in total. The Morgan fingerprint density at radius 2 is 1.95 bits per heavy atom. The van der Waals surface area contributed by atoms with E-state index in [4.69, 9.17) is 4.74 Å². The zero-order chi connectivity index (χ0) is 14.0. The van der Waals surface area contributed by atoms with Crippen LogP contribution in [0, 0.1) is 0 Å². The maximum atomic E-state index is 12.3. The first-order valence-corrected chi connectivity index (χ1v) is 6.30. The molecule has 5 nitrogen and oxygen atoms in total. The highest BCUT2D eigenvalue weighted by atomic mass is 16.5. The van der Waals surface area contributed by atoms with Gasteiger partial charge in [-0.3, -0.25) is 4.79 Å². The molecule has 0 radical (unpaired) electrons. The number of hydrogen-bond acceptors (Lipinski definition) is 4. The second-order valence-electron chi connectivity index (χ2n) is 5.04. The van der Waals surface area contributed by atoms with Gasteiger partial charge in [0.1, 0.15) is 5.75 Å². The Labute approximate surface area is 113 Å². The minimum atomic E-state index is -0.489. The fraction of sp³-hybridized carbons (Fsp3) is 0.500. The van der Waals surface area contributed by atoms with Gasteiger partial charge in [-0.05, 0) is 38.4 Å². The lowest BCUT2D eigenvalue weighted by Crippen LogP contribution is -2.38. The summed E-state index contributed by atoms with van der Waals surface area (Å²) in [6.07, 6.45) is -0.489. The molecule has 0 aliphatic carbocycles. The van der Waals surface area contributed by atoms with Crippen molar-refractivity contribution in [3.63, 3.8) is 0 Å². The molecule has 1 amide bonds. The third kappa shape index (κ3) is 2.88. The fourth-order valence-corrected chi connectivity index (χ4v) is 2.36. The number of β-amino-alcohol motifs (C(OH)–C–C–N with tert-alkyl or cyclic N) is 1. The van der Waals surface area contributed by atoms with Crippen LogP contribution in [-0.4, -0.2) is 67.3 Å². The summed E-state index contributed by atoms with van der Waals surface area (Å²) in [7, 11) is 5.42. The molecule has 1 fully saturated rings. The summed E-state index contributed by atoms with van der Waals surface area (Å²) >= 11 is 0. The molecule has 2 rings (SSSR count). The second-order valence-corrected chi connectivity index (χ2v) is 5.04. The minimum Gasteiger partial charge on any atom is -0.497 e. The molecule has 19 heavy (non-hydrogen) atoms. The van der Waals surface area contributed by atoms with Crippen molar-refractivity contribution in [2.45, 2.75) is 12.1 Å². The summed E-state index contributed by atoms with van der Waals surface area (Å²) in [5.41, 5.74) is 0.618. The number of aliphatic hydroxyl groups excluding tert-OH is 1. The number of aliphatic hydroxyl groups is 1. The highest BCUT2D eigenvalue weighted by molar-refractivity contribution is 5.94. The van der Waals surface area contributed by atoms with Crippen molar-refractivity contribution in [2.24, 2.45) is 0 Å². The maximum Gasteiger partial charge on any atom is 0.254 e. The van der Waals surface area contributed by atoms with Crippen LogP contribution in [0.4, 0.5) is 0 Å². The van der Waals surface area contributed by atoms with Gasteiger partial charge in [0.05, 0.1) is 19.3 Å². The van der Waals surface area contributed by atoms with Gasteiger partial charge in [0.2, 0.25) is 0 Å². The van der Waals surface area contributed by atoms with Crippen molar-refractivity contribution in [1.82, 2.24) is 9.80 Å². The molecule has 2 atom stereocenters. The van der Waals surface area contributed by atoms with Crippen LogP contribution in [0.15, 0.2) is 24.3 Å². The largest absolute Gasteiger partial charge is 0.497 e. The summed E-state index contributed by atoms with van der Waals surface area (Å²) in [6, 6.07) is 7.03. The highest BCUT2D eigenvalue weighted by Gasteiger charge is 2.35. The molecule has 1 saturated heterocycles. The Hall–Kier alpha value is -1.59. The van der Waals surface area contributed by atoms with Crippen molar-refractivity contribution in [1.29, 1.82) is 0 Å². The number of ether oxygens (including phenoxy) is 1. The number of hydrogen-bond donors (Lipinski definition) is 1. The van der Waals surface area contributed by atoms with E-state index in [0.717, 1.165) is 5.75 Å². The lowest BCUT2D eigenvalue weighted by atomic mass is 10.2. The van der Waals surface area contributed by atoms with Crippen LogP contribution in [0.1, 0.15) is 10.4 Å². The first-order valence-electron chi connectivity index (χ1n) is 6.30. The summed E-state index contributed by atoms with van der Waals surface area (Å²) in [6.45, 7) is 0.937. The van der Waals surface area contributed by atoms with Crippen molar-refractivity contribution < 1.29 is 14.6 Å². The van der Waals surface area contributed by atoms with Crippen LogP contribution in [0.3, 0.4) is 0 Å². The molecule has 5 heteroatoms. The molecular formula is C14H20N2O3. The van der Waals surface area contributed by atoms with Crippen LogP contribution in [0.25, 0.3) is 0 Å². The molecule has 0 saturated carbocycles. The van der Waals surface area contributed by atoms with Gasteiger partial charge < -0.3 is 19.6 Å². The summed E-state index contributed by atoms with van der Waals surface area (Å²) < 4.78 is 5.07. The Kier molecular flexibility index (Phi) is 4.07. The van der Waals surface area contributed by atoms with E-state index in [0.29, 0.717) is 18.7 Å². The average Bonchev–Trinajstić information content (AvgIpc) is 2.80. The topological polar surface area (TPSA) is 53.0 Å². The van der Waals surface area contributed by atoms with Crippen molar-refractivity contribution in [3.05, 3.63) is 29.8 Å². The quantitative estimate of drug-likeness (QED) is 0.861. The van der Waals surface area contributed by atoms with Gasteiger partial charge in [0.25, 0.3) is 5.91 Å². The van der Waals surface area contributed by atoms with E-state index in [2.05, 4.69) is 0 Å². The van der Waals surface area contributed by atoms with Gasteiger partial charge in [0, 0.05) is 18.7 Å². The number of methoxy groups -OCH3 is 1. The fourth-order valence-electron chi connectivity index (χ4n) is 2.36. The Morgan fingerprint density at radius 1 is 1.32 bits per heavy atom. The van der Waals surface area contributed by atoms with Gasteiger partial charge in [-0.25, -0.2) is 0 Å². The molecule has 1 aliphatic heterocycles. The van der Waals surface area contributed by atoms with Crippen LogP contribution in [0.5, 0.6) is 5.75 Å². The van der Waals surface area contributed by atoms with E-state index in [-0.39, 0.29) is 11.9 Å². The lowest BCUT2D eigenvalue weighted by Gasteiger charge is -2.21. The predicted molar refractivity (Wildman–Crippen MR) is 72.4 cm³/mol. The molecule has 1 heterocycles. The van der Waals surface area contributed by atoms with Crippen molar-refractivity contribution in [2.75, 3.05) is 34.3 Å². The Bertz CT molecular complexity index is 445. The van der Waals surface area contributed by atoms with Gasteiger partial charge in [-0.15, -0.1) is 0 Å². The van der Waals surface area contributed by atoms with E-state index in [1.807, 2.05) is 19.0 Å². The van der Waals surface area contributed by atoms with E-state index in [1.54, 1.807) is 36.3 Å². The molecule has 104 valence electrons. The normalized spacial score (nSPS) is 22.9. The lowest BCUT2D eigenvalue weighted by molar-refractivity contribution is 0.0764. The SMILES string of the molecule is COc1ccc(C(=O)N2C[C@@H](O)[C@H](N(C)C)C2)cc1. The predicted octanol–water partition coefficient (Wildman–Crippen LogP) is 0.442. The number of carbonyl (C=O) groups excluding carboxylic acids is 1. The number of likely N-dealkylation sites (N-methyl/N-ethyl adjacent to an activating group) is 1. The van der Waals surface area contributed by atoms with Gasteiger partial charge in [-0.1, -0.05) is 0 Å². The summed E-state index contributed by atoms with van der Waals surface area (Å²) in [5, 5.41) is 9.95. The zero-order valence-corrected chi connectivity index (χ0v) is 11.5. The van der Waals surface area contributed by atoms with Crippen LogP contribution >= 0.6 is 0 Å². The molecule has 0 unspecified atom stereocenters. The van der Waals surface area contributed by atoms with Crippen LogP contribution in [0.2, 0.25) is 0 Å². The molecule has 1 aliphatic rings. The van der Waals surface area contributed by atoms with Gasteiger partial charge in [-0.2, -0.15) is 0 Å². The van der Waals surface area contributed by atoms with Gasteiger partial charge in [0.15, 0.2) is 0 Å². The minimum absolute atomic E-state index is 0.00204. The number of benzene rings is 1. The number of carbonyl (C=O) groups is 1. The molecule has 0 spiro atoms. The molecule has 1 aromatic rings. The standard InChI is InChI=1S/C14H20N2O3/c1-15(2)12-8-16(9-13(12)17)14(18)10-4-6-11(19-3)7-5-10/h4-7,12-13,17H,8-9H2,1-3H3/t12-,13-/m1/s1. The first kappa shape index (κ1) is 13.8. The molecule has 0 bridgehead atoms. The maximum absolute atomic E-state index is 12.3. The summed E-state index contributed by atoms with van der Waals surface area (Å²) in [5.74, 6) is 0.676. The smallest absolute Gasteiger partial charge is 0.254 e. The van der Waals surface area contributed by atoms with Crippen LogP contribution < -0.4 is 4.74 Å². The number of nitrogens with zero attached hydrogens (tertiary/aromatic N) is 2. The first-order chi connectivity index (χ1) is 9.02. The number of likely N-dealkylation sites (tertiary alicyclic amines) is 1. The zero-order valence-electron chi connectivity index (χ0n) is 11.5. The van der Waals surface area contributed by atoms with E-state index < -0.39 is 6.10 Å². The van der Waals surface area contributed by atoms with E-state index >= 15 is 0 Å². The Morgan fingerprint density at radius 3 is 2.42 bits per heavy atom. The second kappa shape index (κ2) is 5.59. The van der Waals surface area contributed by atoms with Crippen molar-refractivity contribution in [3.8, 4) is 5.75 Å². The van der Waals surface area contributed by atoms with Gasteiger partial charge >= 0.3 is 0 Å².